The zero-order chi connectivity index (χ0) is 29.9. The highest BCUT2D eigenvalue weighted by Gasteiger charge is 2.33. The number of nitrogens with one attached hydrogen (secondary N) is 1. The number of pyridine rings is 1. The largest absolute Gasteiger partial charge is 0.491 e. The van der Waals surface area contributed by atoms with Gasteiger partial charge in [0.05, 0.1) is 23.6 Å². The van der Waals surface area contributed by atoms with E-state index in [0.29, 0.717) is 51.7 Å². The number of nitrogens with zero attached hydrogens (tertiary/aromatic N) is 4. The number of anilines is 3. The molecule has 4 aromatic rings. The summed E-state index contributed by atoms with van der Waals surface area (Å²) in [4.78, 5) is 8.77. The molecule has 2 aromatic heterocycles. The fraction of sp³-hybridized carbons (Fsp3) is 0.241. The molecular weight excluding hydrogens is 582 g/mol. The van der Waals surface area contributed by atoms with Gasteiger partial charge in [-0.05, 0) is 43.7 Å². The van der Waals surface area contributed by atoms with Crippen molar-refractivity contribution in [3.63, 3.8) is 0 Å². The quantitative estimate of drug-likeness (QED) is 0.206. The van der Waals surface area contributed by atoms with Crippen LogP contribution in [-0.4, -0.2) is 35.1 Å². The zero-order valence-electron chi connectivity index (χ0n) is 22.5. The van der Waals surface area contributed by atoms with E-state index in [0.717, 1.165) is 12.1 Å². The number of hydrogen-bond donors (Lipinski definition) is 2. The minimum absolute atomic E-state index is 0.00254. The molecule has 0 bridgehead atoms. The maximum atomic E-state index is 14.0. The van der Waals surface area contributed by atoms with Gasteiger partial charge in [-0.3, -0.25) is 0 Å². The molecule has 42 heavy (non-hydrogen) atoms. The molecule has 0 spiro atoms. The smallest absolute Gasteiger partial charge is 0.187 e. The molecule has 0 saturated carbocycles. The molecule has 0 aliphatic carbocycles. The van der Waals surface area contributed by atoms with Gasteiger partial charge in [-0.15, -0.1) is 11.3 Å². The number of thioether (sulfide) groups is 1. The summed E-state index contributed by atoms with van der Waals surface area (Å²) < 4.78 is 44.4. The Hall–Kier alpha value is -4.27. The second-order valence-corrected chi connectivity index (χ2v) is 11.4. The molecule has 1 unspecified atom stereocenters. The fourth-order valence-corrected chi connectivity index (χ4v) is 5.94. The molecule has 1 aliphatic heterocycles. The highest BCUT2D eigenvalue weighted by atomic mass is 32.2. The maximum Gasteiger partial charge on any atom is 0.187 e. The molecule has 1 atom stereocenters. The van der Waals surface area contributed by atoms with Crippen LogP contribution in [0.5, 0.6) is 5.75 Å². The standard InChI is InChI=1S/C29H24F2N6O3S2/c1-29(2)39-13-20(40-29)12-38-19-6-3-16(4-7-19)25-21(10-32)26(34)37-27(22(25)11-33)41-14-18-15-42-28(35-18)36-24-8-5-17(30)9-23(24)31/h3-9,15,20H,12-14H2,1-2H3,(H2,34,37)(H,35,36). The lowest BCUT2D eigenvalue weighted by atomic mass is 9.97. The lowest BCUT2D eigenvalue weighted by Crippen LogP contribution is -2.25. The van der Waals surface area contributed by atoms with E-state index in [2.05, 4.69) is 27.4 Å². The van der Waals surface area contributed by atoms with Crippen molar-refractivity contribution in [3.05, 3.63) is 76.3 Å². The first-order valence-corrected chi connectivity index (χ1v) is 14.5. The Balaban J connectivity index is 1.32. The van der Waals surface area contributed by atoms with Crippen LogP contribution in [0.25, 0.3) is 11.1 Å². The van der Waals surface area contributed by atoms with E-state index in [1.54, 1.807) is 29.6 Å². The number of hydrogen-bond acceptors (Lipinski definition) is 11. The summed E-state index contributed by atoms with van der Waals surface area (Å²) in [6.07, 6.45) is -0.191. The van der Waals surface area contributed by atoms with Gasteiger partial charge in [0, 0.05) is 22.8 Å². The molecule has 1 aliphatic rings. The molecule has 3 heterocycles. The van der Waals surface area contributed by atoms with Gasteiger partial charge in [0.1, 0.15) is 58.6 Å². The lowest BCUT2D eigenvalue weighted by Gasteiger charge is -2.17. The van der Waals surface area contributed by atoms with Gasteiger partial charge < -0.3 is 25.3 Å². The number of thiazole rings is 1. The van der Waals surface area contributed by atoms with Crippen molar-refractivity contribution in [2.75, 3.05) is 24.3 Å². The van der Waals surface area contributed by atoms with Crippen LogP contribution in [0.3, 0.4) is 0 Å². The Bertz CT molecular complexity index is 1700. The molecule has 214 valence electrons. The summed E-state index contributed by atoms with van der Waals surface area (Å²) >= 11 is 2.48. The topological polar surface area (TPSA) is 139 Å². The predicted octanol–water partition coefficient (Wildman–Crippen LogP) is 6.38. The number of ether oxygens (including phenoxy) is 3. The SMILES string of the molecule is CC1(C)OCC(COc2ccc(-c3c(C#N)c(N)nc(SCc4csc(Nc5ccc(F)cc5F)n4)c3C#N)cc2)O1. The van der Waals surface area contributed by atoms with Crippen molar-refractivity contribution in [1.29, 1.82) is 10.5 Å². The lowest BCUT2D eigenvalue weighted by molar-refractivity contribution is -0.141. The summed E-state index contributed by atoms with van der Waals surface area (Å²) in [5, 5.41) is 25.3. The number of benzene rings is 2. The van der Waals surface area contributed by atoms with Crippen LogP contribution >= 0.6 is 23.1 Å². The van der Waals surface area contributed by atoms with Crippen LogP contribution in [0, 0.1) is 34.3 Å². The average molecular weight is 607 g/mol. The zero-order valence-corrected chi connectivity index (χ0v) is 24.1. The minimum atomic E-state index is -0.731. The van der Waals surface area contributed by atoms with Crippen LogP contribution in [0.15, 0.2) is 52.9 Å². The Morgan fingerprint density at radius 2 is 1.90 bits per heavy atom. The second-order valence-electron chi connectivity index (χ2n) is 9.62. The summed E-state index contributed by atoms with van der Waals surface area (Å²) in [5.74, 6) is -1.12. The van der Waals surface area contributed by atoms with Crippen LogP contribution in [0.4, 0.5) is 25.4 Å². The van der Waals surface area contributed by atoms with Crippen molar-refractivity contribution in [1.82, 2.24) is 9.97 Å². The summed E-state index contributed by atoms with van der Waals surface area (Å²) in [5.41, 5.74) is 8.19. The number of nitriles is 2. The third kappa shape index (κ3) is 6.61. The average Bonchev–Trinajstić information content (AvgIpc) is 3.57. The number of rotatable bonds is 9. The van der Waals surface area contributed by atoms with Crippen molar-refractivity contribution < 1.29 is 23.0 Å². The number of nitrogen functional groups attached to an aromatic ring is 1. The molecule has 0 amide bonds. The number of aromatic nitrogens is 2. The summed E-state index contributed by atoms with van der Waals surface area (Å²) in [6, 6.07) is 14.5. The molecular formula is C29H24F2N6O3S2. The Kier molecular flexibility index (Phi) is 8.56. The Morgan fingerprint density at radius 3 is 2.57 bits per heavy atom. The van der Waals surface area contributed by atoms with Crippen molar-refractivity contribution in [3.8, 4) is 29.0 Å². The van der Waals surface area contributed by atoms with E-state index in [9.17, 15) is 19.3 Å². The Labute approximate surface area is 248 Å². The highest BCUT2D eigenvalue weighted by Crippen LogP contribution is 2.37. The van der Waals surface area contributed by atoms with Crippen molar-refractivity contribution in [2.45, 2.75) is 36.5 Å². The van der Waals surface area contributed by atoms with Gasteiger partial charge in [0.2, 0.25) is 0 Å². The first-order valence-electron chi connectivity index (χ1n) is 12.6. The van der Waals surface area contributed by atoms with Crippen LogP contribution < -0.4 is 15.8 Å². The molecule has 5 rings (SSSR count). The molecule has 2 aromatic carbocycles. The van der Waals surface area contributed by atoms with Gasteiger partial charge in [-0.1, -0.05) is 23.9 Å². The van der Waals surface area contributed by atoms with Crippen LogP contribution in [-0.2, 0) is 15.2 Å². The van der Waals surface area contributed by atoms with Crippen molar-refractivity contribution >= 4 is 39.7 Å². The molecule has 1 fully saturated rings. The number of halogens is 2. The monoisotopic (exact) mass is 606 g/mol. The minimum Gasteiger partial charge on any atom is -0.491 e. The Morgan fingerprint density at radius 1 is 1.14 bits per heavy atom. The second kappa shape index (κ2) is 12.3. The normalized spacial score (nSPS) is 15.6. The van der Waals surface area contributed by atoms with Gasteiger partial charge in [-0.25, -0.2) is 18.7 Å². The fourth-order valence-electron chi connectivity index (χ4n) is 4.22. The van der Waals surface area contributed by atoms with E-state index in [4.69, 9.17) is 19.9 Å². The van der Waals surface area contributed by atoms with E-state index < -0.39 is 17.4 Å². The maximum absolute atomic E-state index is 14.0. The number of nitrogens with two attached hydrogens (primary N) is 1. The van der Waals surface area contributed by atoms with Gasteiger partial charge >= 0.3 is 0 Å². The molecule has 1 saturated heterocycles. The summed E-state index contributed by atoms with van der Waals surface area (Å²) in [7, 11) is 0. The third-order valence-electron chi connectivity index (χ3n) is 6.14. The van der Waals surface area contributed by atoms with Crippen LogP contribution in [0.2, 0.25) is 0 Å². The first kappa shape index (κ1) is 29.2. The third-order valence-corrected chi connectivity index (χ3v) is 7.96. The van der Waals surface area contributed by atoms with E-state index in [1.165, 1.54) is 29.2 Å². The molecule has 0 radical (unpaired) electrons. The first-order chi connectivity index (χ1) is 20.2. The predicted molar refractivity (Wildman–Crippen MR) is 155 cm³/mol. The van der Waals surface area contributed by atoms with Gasteiger partial charge in [0.15, 0.2) is 10.9 Å². The molecule has 3 N–H and O–H groups in total. The van der Waals surface area contributed by atoms with Crippen LogP contribution in [0.1, 0.15) is 30.7 Å². The van der Waals surface area contributed by atoms with E-state index >= 15 is 0 Å². The van der Waals surface area contributed by atoms with Gasteiger partial charge in [-0.2, -0.15) is 10.5 Å². The highest BCUT2D eigenvalue weighted by molar-refractivity contribution is 7.98. The molecule has 9 nitrogen and oxygen atoms in total. The van der Waals surface area contributed by atoms with Crippen molar-refractivity contribution in [2.24, 2.45) is 0 Å². The summed E-state index contributed by atoms with van der Waals surface area (Å²) in [6.45, 7) is 4.44. The molecule has 13 heteroatoms. The van der Waals surface area contributed by atoms with E-state index in [-0.39, 0.29) is 28.7 Å². The van der Waals surface area contributed by atoms with Gasteiger partial charge in [0.25, 0.3) is 0 Å². The van der Waals surface area contributed by atoms with E-state index in [1.807, 2.05) is 13.8 Å².